The first-order valence-corrected chi connectivity index (χ1v) is 11.9. The van der Waals surface area contributed by atoms with E-state index in [1.54, 1.807) is 0 Å². The van der Waals surface area contributed by atoms with Gasteiger partial charge in [0.05, 0.1) is 12.1 Å². The molecule has 1 fully saturated rings. The third-order valence-corrected chi connectivity index (χ3v) is 6.73. The molecular formula is C27H33N3O. The number of nitrogens with one attached hydrogen (secondary N) is 1. The number of hydrogen-bond acceptors (Lipinski definition) is 4. The van der Waals surface area contributed by atoms with Crippen molar-refractivity contribution in [2.24, 2.45) is 0 Å². The van der Waals surface area contributed by atoms with E-state index >= 15 is 0 Å². The smallest absolute Gasteiger partial charge is 0.130 e. The number of fused-ring (bicyclic) bond motifs is 3. The minimum absolute atomic E-state index is 0.771. The second-order valence-corrected chi connectivity index (χ2v) is 9.00. The van der Waals surface area contributed by atoms with Crippen molar-refractivity contribution in [2.45, 2.75) is 52.0 Å². The standard InChI is InChI=1S/C27H33N3O/c1-20-17-24-22-11-7-12-23(22)27(28-19-21-9-3-2-4-10-21)29-25(24)18-26(20)31-16-8-15-30-13-5-6-14-30/h2-4,9-10,17-18H,5-8,11-16,19H2,1H3,(H,28,29). The molecule has 0 bridgehead atoms. The zero-order valence-electron chi connectivity index (χ0n) is 18.6. The van der Waals surface area contributed by atoms with Crippen molar-refractivity contribution >= 4 is 16.7 Å². The van der Waals surface area contributed by atoms with Gasteiger partial charge in [0.15, 0.2) is 0 Å². The molecule has 1 aromatic heterocycles. The van der Waals surface area contributed by atoms with Crippen LogP contribution in [0, 0.1) is 6.92 Å². The molecule has 0 saturated carbocycles. The van der Waals surface area contributed by atoms with Crippen molar-refractivity contribution in [3.8, 4) is 5.75 Å². The average Bonchev–Trinajstić information content (AvgIpc) is 3.49. The summed E-state index contributed by atoms with van der Waals surface area (Å²) < 4.78 is 6.21. The Kier molecular flexibility index (Phi) is 6.08. The van der Waals surface area contributed by atoms with Crippen molar-refractivity contribution in [2.75, 3.05) is 31.6 Å². The van der Waals surface area contributed by atoms with Crippen LogP contribution in [0.15, 0.2) is 42.5 Å². The van der Waals surface area contributed by atoms with E-state index in [2.05, 4.69) is 59.6 Å². The fraction of sp³-hybridized carbons (Fsp3) is 0.444. The fourth-order valence-electron chi connectivity index (χ4n) is 5.06. The minimum Gasteiger partial charge on any atom is -0.493 e. The third-order valence-electron chi connectivity index (χ3n) is 6.73. The summed E-state index contributed by atoms with van der Waals surface area (Å²) in [6, 6.07) is 15.0. The van der Waals surface area contributed by atoms with Gasteiger partial charge in [-0.05, 0) is 86.9 Å². The van der Waals surface area contributed by atoms with Gasteiger partial charge in [-0.25, -0.2) is 4.98 Å². The molecule has 0 amide bonds. The second kappa shape index (κ2) is 9.27. The summed E-state index contributed by atoms with van der Waals surface area (Å²) >= 11 is 0. The lowest BCUT2D eigenvalue weighted by Crippen LogP contribution is -2.22. The maximum atomic E-state index is 6.21. The summed E-state index contributed by atoms with van der Waals surface area (Å²) in [7, 11) is 0. The Labute approximate surface area is 185 Å². The van der Waals surface area contributed by atoms with E-state index in [4.69, 9.17) is 9.72 Å². The molecule has 4 heteroatoms. The first kappa shape index (κ1) is 20.3. The van der Waals surface area contributed by atoms with Crippen LogP contribution in [-0.2, 0) is 19.4 Å². The quantitative estimate of drug-likeness (QED) is 0.492. The van der Waals surface area contributed by atoms with E-state index in [-0.39, 0.29) is 0 Å². The molecule has 5 rings (SSSR count). The highest BCUT2D eigenvalue weighted by Gasteiger charge is 2.21. The van der Waals surface area contributed by atoms with E-state index in [0.29, 0.717) is 0 Å². The summed E-state index contributed by atoms with van der Waals surface area (Å²) in [6.45, 7) is 7.39. The van der Waals surface area contributed by atoms with Crippen LogP contribution in [0.4, 0.5) is 5.82 Å². The number of aryl methyl sites for hydroxylation is 2. The lowest BCUT2D eigenvalue weighted by atomic mass is 10.0. The second-order valence-electron chi connectivity index (χ2n) is 9.00. The number of aromatic nitrogens is 1. The number of nitrogens with zero attached hydrogens (tertiary/aromatic N) is 2. The van der Waals surface area contributed by atoms with E-state index in [1.807, 2.05) is 0 Å². The van der Waals surface area contributed by atoms with E-state index in [0.717, 1.165) is 56.0 Å². The first-order chi connectivity index (χ1) is 15.3. The van der Waals surface area contributed by atoms with Crippen LogP contribution in [0.1, 0.15) is 47.9 Å². The number of rotatable bonds is 8. The Bertz CT molecular complexity index is 1040. The van der Waals surface area contributed by atoms with Crippen molar-refractivity contribution in [1.82, 2.24) is 9.88 Å². The molecule has 0 unspecified atom stereocenters. The van der Waals surface area contributed by atoms with Gasteiger partial charge in [-0.15, -0.1) is 0 Å². The van der Waals surface area contributed by atoms with Crippen molar-refractivity contribution in [1.29, 1.82) is 0 Å². The molecule has 1 aliphatic heterocycles. The van der Waals surface area contributed by atoms with Gasteiger partial charge in [-0.3, -0.25) is 0 Å². The van der Waals surface area contributed by atoms with E-state index in [1.165, 1.54) is 60.0 Å². The summed E-state index contributed by atoms with van der Waals surface area (Å²) in [5.41, 5.74) is 6.43. The Morgan fingerprint density at radius 1 is 1.00 bits per heavy atom. The van der Waals surface area contributed by atoms with Crippen LogP contribution in [-0.4, -0.2) is 36.1 Å². The van der Waals surface area contributed by atoms with Gasteiger partial charge in [0.1, 0.15) is 11.6 Å². The van der Waals surface area contributed by atoms with Gasteiger partial charge >= 0.3 is 0 Å². The lowest BCUT2D eigenvalue weighted by molar-refractivity contribution is 0.262. The molecule has 1 saturated heterocycles. The molecule has 2 heterocycles. The molecule has 1 aliphatic carbocycles. The molecule has 1 N–H and O–H groups in total. The van der Waals surface area contributed by atoms with Crippen molar-refractivity contribution in [3.63, 3.8) is 0 Å². The molecule has 31 heavy (non-hydrogen) atoms. The maximum absolute atomic E-state index is 6.21. The Morgan fingerprint density at radius 3 is 2.65 bits per heavy atom. The lowest BCUT2D eigenvalue weighted by Gasteiger charge is -2.17. The maximum Gasteiger partial charge on any atom is 0.130 e. The number of anilines is 1. The van der Waals surface area contributed by atoms with E-state index in [9.17, 15) is 0 Å². The van der Waals surface area contributed by atoms with Gasteiger partial charge in [-0.1, -0.05) is 30.3 Å². The van der Waals surface area contributed by atoms with E-state index < -0.39 is 0 Å². The normalized spacial score (nSPS) is 16.0. The highest BCUT2D eigenvalue weighted by Crippen LogP contribution is 2.36. The average molecular weight is 416 g/mol. The SMILES string of the molecule is Cc1cc2c3c(c(NCc4ccccc4)nc2cc1OCCCN1CCCC1)CCC3. The summed E-state index contributed by atoms with van der Waals surface area (Å²) in [4.78, 5) is 7.60. The molecule has 3 aromatic rings. The van der Waals surface area contributed by atoms with Crippen LogP contribution < -0.4 is 10.1 Å². The third kappa shape index (κ3) is 4.54. The predicted molar refractivity (Wildman–Crippen MR) is 128 cm³/mol. The number of ether oxygens (including phenoxy) is 1. The fourth-order valence-corrected chi connectivity index (χ4v) is 5.06. The van der Waals surface area contributed by atoms with Gasteiger partial charge in [0.2, 0.25) is 0 Å². The highest BCUT2D eigenvalue weighted by atomic mass is 16.5. The number of likely N-dealkylation sites (tertiary alicyclic amines) is 1. The van der Waals surface area contributed by atoms with Crippen LogP contribution in [0.3, 0.4) is 0 Å². The number of benzene rings is 2. The van der Waals surface area contributed by atoms with Crippen molar-refractivity contribution < 1.29 is 4.74 Å². The van der Waals surface area contributed by atoms with Gasteiger partial charge in [-0.2, -0.15) is 0 Å². The highest BCUT2D eigenvalue weighted by molar-refractivity contribution is 5.88. The van der Waals surface area contributed by atoms with Crippen LogP contribution in [0.25, 0.3) is 10.9 Å². The molecule has 2 aliphatic rings. The Hall–Kier alpha value is -2.59. The molecule has 0 spiro atoms. The van der Waals surface area contributed by atoms with Gasteiger partial charge in [0, 0.05) is 24.5 Å². The van der Waals surface area contributed by atoms with Crippen LogP contribution in [0.5, 0.6) is 5.75 Å². The largest absolute Gasteiger partial charge is 0.493 e. The molecule has 2 aromatic carbocycles. The molecule has 0 radical (unpaired) electrons. The number of hydrogen-bond donors (Lipinski definition) is 1. The Balaban J connectivity index is 1.34. The van der Waals surface area contributed by atoms with Crippen molar-refractivity contribution in [3.05, 3.63) is 64.7 Å². The van der Waals surface area contributed by atoms with Crippen LogP contribution in [0.2, 0.25) is 0 Å². The van der Waals surface area contributed by atoms with Gasteiger partial charge < -0.3 is 15.0 Å². The zero-order chi connectivity index (χ0) is 21.0. The molecule has 162 valence electrons. The van der Waals surface area contributed by atoms with Crippen LogP contribution >= 0.6 is 0 Å². The van der Waals surface area contributed by atoms with Gasteiger partial charge in [0.25, 0.3) is 0 Å². The molecule has 0 atom stereocenters. The molecular weight excluding hydrogens is 382 g/mol. The minimum atomic E-state index is 0.771. The topological polar surface area (TPSA) is 37.4 Å². The summed E-state index contributed by atoms with van der Waals surface area (Å²) in [5.74, 6) is 2.03. The first-order valence-electron chi connectivity index (χ1n) is 11.9. The monoisotopic (exact) mass is 415 g/mol. The zero-order valence-corrected chi connectivity index (χ0v) is 18.6. The molecule has 4 nitrogen and oxygen atoms in total. The number of pyridine rings is 1. The Morgan fingerprint density at radius 2 is 1.81 bits per heavy atom. The summed E-state index contributed by atoms with van der Waals surface area (Å²) in [6.07, 6.45) is 7.25. The predicted octanol–water partition coefficient (Wildman–Crippen LogP) is 5.51. The summed E-state index contributed by atoms with van der Waals surface area (Å²) in [5, 5.41) is 4.92.